The van der Waals surface area contributed by atoms with Gasteiger partial charge in [-0.05, 0) is 35.5 Å². The minimum Gasteiger partial charge on any atom is -0.388 e. The van der Waals surface area contributed by atoms with E-state index in [1.165, 1.54) is 0 Å². The molecule has 0 spiro atoms. The third kappa shape index (κ3) is 2.98. The van der Waals surface area contributed by atoms with Gasteiger partial charge in [0.1, 0.15) is 13.2 Å². The van der Waals surface area contributed by atoms with E-state index in [4.69, 9.17) is 9.84 Å². The van der Waals surface area contributed by atoms with Crippen LogP contribution in [0.1, 0.15) is 44.7 Å². The third-order valence-electron chi connectivity index (χ3n) is 6.40. The fourth-order valence-corrected chi connectivity index (χ4v) is 4.34. The molecule has 2 aliphatic carbocycles. The zero-order valence-corrected chi connectivity index (χ0v) is 15.2. The number of ketones is 2. The van der Waals surface area contributed by atoms with Crippen molar-refractivity contribution in [2.75, 3.05) is 13.2 Å². The Morgan fingerprint density at radius 3 is 2.52 bits per heavy atom. The van der Waals surface area contributed by atoms with Gasteiger partial charge in [0.05, 0.1) is 6.61 Å². The van der Waals surface area contributed by atoms with E-state index in [0.717, 1.165) is 29.5 Å². The lowest BCUT2D eigenvalue weighted by Crippen LogP contribution is -2.27. The number of benzene rings is 1. The Balaban J connectivity index is 1.72. The molecular weight excluding hydrogens is 316 g/mol. The van der Waals surface area contributed by atoms with E-state index < -0.39 is 6.61 Å². The number of aliphatic hydroxyl groups is 1. The molecule has 2 unspecified atom stereocenters. The molecule has 4 nitrogen and oxygen atoms in total. The second-order valence-corrected chi connectivity index (χ2v) is 8.00. The van der Waals surface area contributed by atoms with Crippen molar-refractivity contribution < 1.29 is 19.4 Å². The Bertz CT molecular complexity index is 714. The molecule has 2 bridgehead atoms. The highest BCUT2D eigenvalue weighted by atomic mass is 16.5. The topological polar surface area (TPSA) is 63.6 Å². The summed E-state index contributed by atoms with van der Waals surface area (Å²) in [5.41, 5.74) is 2.93. The van der Waals surface area contributed by atoms with Crippen LogP contribution in [-0.4, -0.2) is 29.9 Å². The van der Waals surface area contributed by atoms with Gasteiger partial charge in [-0.15, -0.1) is 0 Å². The third-order valence-corrected chi connectivity index (χ3v) is 6.40. The predicted octanol–water partition coefficient (Wildman–Crippen LogP) is 3.17. The van der Waals surface area contributed by atoms with Gasteiger partial charge in [-0.25, -0.2) is 0 Å². The second kappa shape index (κ2) is 6.50. The molecule has 1 aromatic carbocycles. The summed E-state index contributed by atoms with van der Waals surface area (Å²) < 4.78 is 5.27. The number of aliphatic hydroxyl groups excluding tert-OH is 1. The van der Waals surface area contributed by atoms with Gasteiger partial charge in [0.2, 0.25) is 0 Å². The number of allylic oxidation sites excluding steroid dienone is 1. The first kappa shape index (κ1) is 18.0. The van der Waals surface area contributed by atoms with Crippen LogP contribution in [0.3, 0.4) is 0 Å². The summed E-state index contributed by atoms with van der Waals surface area (Å²) in [6.07, 6.45) is 4.12. The van der Waals surface area contributed by atoms with Crippen molar-refractivity contribution in [2.24, 2.45) is 16.7 Å². The minimum absolute atomic E-state index is 0.0307. The molecule has 0 radical (unpaired) electrons. The van der Waals surface area contributed by atoms with Gasteiger partial charge < -0.3 is 9.84 Å². The number of fused-ring (bicyclic) bond motifs is 2. The summed E-state index contributed by atoms with van der Waals surface area (Å²) in [4.78, 5) is 23.8. The highest BCUT2D eigenvalue weighted by Crippen LogP contribution is 2.66. The zero-order valence-electron chi connectivity index (χ0n) is 15.2. The van der Waals surface area contributed by atoms with Gasteiger partial charge in [0.15, 0.2) is 11.6 Å². The molecular formula is C21H26O4. The lowest BCUT2D eigenvalue weighted by Gasteiger charge is -2.34. The van der Waals surface area contributed by atoms with E-state index in [-0.39, 0.29) is 29.1 Å². The van der Waals surface area contributed by atoms with Crippen LogP contribution >= 0.6 is 0 Å². The molecule has 25 heavy (non-hydrogen) atoms. The van der Waals surface area contributed by atoms with E-state index in [9.17, 15) is 9.59 Å². The van der Waals surface area contributed by atoms with Crippen LogP contribution < -0.4 is 0 Å². The maximum Gasteiger partial charge on any atom is 0.183 e. The summed E-state index contributed by atoms with van der Waals surface area (Å²) >= 11 is 0. The van der Waals surface area contributed by atoms with E-state index in [1.807, 2.05) is 30.3 Å². The van der Waals surface area contributed by atoms with Crippen molar-refractivity contribution in [3.05, 3.63) is 41.0 Å². The standard InChI is InChI=1S/C21H26O4/c1-20(2)17-8-9-21(20,3)18(19(17)24)10-14-4-6-15(7-5-14)12-25-13-16(23)11-22/h4-7,10,17,22H,8-9,11-13H2,1-3H3. The Kier molecular flexibility index (Phi) is 4.69. The Labute approximate surface area is 148 Å². The Hall–Kier alpha value is -1.78. The van der Waals surface area contributed by atoms with Crippen LogP contribution in [0.2, 0.25) is 0 Å². The number of carbonyl (C=O) groups excluding carboxylic acids is 2. The molecule has 2 saturated carbocycles. The first-order valence-corrected chi connectivity index (χ1v) is 8.85. The van der Waals surface area contributed by atoms with Crippen LogP contribution in [0.5, 0.6) is 0 Å². The van der Waals surface area contributed by atoms with E-state index in [0.29, 0.717) is 12.4 Å². The Morgan fingerprint density at radius 2 is 1.96 bits per heavy atom. The van der Waals surface area contributed by atoms with E-state index in [1.54, 1.807) is 0 Å². The molecule has 1 aromatic rings. The highest BCUT2D eigenvalue weighted by Gasteiger charge is 2.63. The number of hydrogen-bond acceptors (Lipinski definition) is 4. The molecule has 1 N–H and O–H groups in total. The van der Waals surface area contributed by atoms with Crippen molar-refractivity contribution in [1.29, 1.82) is 0 Å². The monoisotopic (exact) mass is 342 g/mol. The quantitative estimate of drug-likeness (QED) is 0.807. The molecule has 4 heteroatoms. The van der Waals surface area contributed by atoms with Crippen molar-refractivity contribution >= 4 is 17.6 Å². The van der Waals surface area contributed by atoms with Gasteiger partial charge in [0, 0.05) is 16.9 Å². The van der Waals surface area contributed by atoms with Crippen LogP contribution in [0, 0.1) is 16.7 Å². The average molecular weight is 342 g/mol. The van der Waals surface area contributed by atoms with Crippen LogP contribution in [0.4, 0.5) is 0 Å². The van der Waals surface area contributed by atoms with Crippen molar-refractivity contribution in [1.82, 2.24) is 0 Å². The summed E-state index contributed by atoms with van der Waals surface area (Å²) in [5.74, 6) is 0.140. The molecule has 0 amide bonds. The van der Waals surface area contributed by atoms with E-state index >= 15 is 0 Å². The van der Waals surface area contributed by atoms with Gasteiger partial charge in [-0.2, -0.15) is 0 Å². The SMILES string of the molecule is CC12CCC(C(=O)C1=Cc1ccc(COCC(=O)CO)cc1)C2(C)C. The summed E-state index contributed by atoms with van der Waals surface area (Å²) in [5, 5.41) is 8.66. The van der Waals surface area contributed by atoms with Crippen molar-refractivity contribution in [3.63, 3.8) is 0 Å². The number of hydrogen-bond donors (Lipinski definition) is 1. The fraction of sp³-hybridized carbons (Fsp3) is 0.524. The molecule has 134 valence electrons. The maximum atomic E-state index is 12.8. The Morgan fingerprint density at radius 1 is 1.28 bits per heavy atom. The summed E-state index contributed by atoms with van der Waals surface area (Å²) in [6.45, 7) is 6.43. The molecule has 0 heterocycles. The average Bonchev–Trinajstić information content (AvgIpc) is 2.89. The maximum absolute atomic E-state index is 12.8. The first-order chi connectivity index (χ1) is 11.8. The number of carbonyl (C=O) groups is 2. The number of Topliss-reactive ketones (excluding diaryl/α,β-unsaturated/α-hetero) is 2. The molecule has 0 aliphatic heterocycles. The van der Waals surface area contributed by atoms with Gasteiger partial charge in [-0.3, -0.25) is 9.59 Å². The zero-order chi connectivity index (χ0) is 18.2. The summed E-state index contributed by atoms with van der Waals surface area (Å²) in [6, 6.07) is 7.85. The van der Waals surface area contributed by atoms with Gasteiger partial charge in [-0.1, -0.05) is 45.0 Å². The minimum atomic E-state index is -0.489. The summed E-state index contributed by atoms with van der Waals surface area (Å²) in [7, 11) is 0. The predicted molar refractivity (Wildman–Crippen MR) is 95.8 cm³/mol. The first-order valence-electron chi connectivity index (χ1n) is 8.85. The van der Waals surface area contributed by atoms with Crippen LogP contribution in [0.15, 0.2) is 29.8 Å². The second-order valence-electron chi connectivity index (χ2n) is 8.00. The molecule has 0 saturated heterocycles. The smallest absolute Gasteiger partial charge is 0.183 e. The highest BCUT2D eigenvalue weighted by molar-refractivity contribution is 6.06. The molecule has 3 rings (SSSR count). The molecule has 2 atom stereocenters. The lowest BCUT2D eigenvalue weighted by atomic mass is 9.69. The van der Waals surface area contributed by atoms with E-state index in [2.05, 4.69) is 20.8 Å². The molecule has 0 aromatic heterocycles. The van der Waals surface area contributed by atoms with Crippen LogP contribution in [0.25, 0.3) is 6.08 Å². The van der Waals surface area contributed by atoms with Crippen molar-refractivity contribution in [2.45, 2.75) is 40.2 Å². The van der Waals surface area contributed by atoms with Crippen molar-refractivity contribution in [3.8, 4) is 0 Å². The van der Waals surface area contributed by atoms with Gasteiger partial charge >= 0.3 is 0 Å². The number of ether oxygens (including phenoxy) is 1. The number of rotatable bonds is 6. The van der Waals surface area contributed by atoms with Crippen LogP contribution in [-0.2, 0) is 20.9 Å². The van der Waals surface area contributed by atoms with Gasteiger partial charge in [0.25, 0.3) is 0 Å². The normalized spacial score (nSPS) is 28.7. The molecule has 2 aliphatic rings. The fourth-order valence-electron chi connectivity index (χ4n) is 4.34. The lowest BCUT2D eigenvalue weighted by molar-refractivity contribution is -0.126. The largest absolute Gasteiger partial charge is 0.388 e. The molecule has 2 fully saturated rings.